The predicted molar refractivity (Wildman–Crippen MR) is 92.2 cm³/mol. The molecule has 0 saturated carbocycles. The molecule has 0 fully saturated rings. The van der Waals surface area contributed by atoms with Crippen LogP contribution in [0.1, 0.15) is 32.4 Å². The molecule has 132 valence electrons. The van der Waals surface area contributed by atoms with Crippen LogP contribution in [0.15, 0.2) is 18.2 Å². The summed E-state index contributed by atoms with van der Waals surface area (Å²) >= 11 is 0. The van der Waals surface area contributed by atoms with E-state index in [1.807, 2.05) is 20.8 Å². The van der Waals surface area contributed by atoms with E-state index in [9.17, 15) is 9.90 Å². The molecule has 1 aromatic carbocycles. The molecular formula is C16H27ClN2O4. The second kappa shape index (κ2) is 8.96. The van der Waals surface area contributed by atoms with E-state index in [4.69, 9.17) is 15.2 Å². The lowest BCUT2D eigenvalue weighted by Crippen LogP contribution is -2.49. The minimum atomic E-state index is -0.875. The summed E-state index contributed by atoms with van der Waals surface area (Å²) in [7, 11) is 3.07. The number of methoxy groups -OCH3 is 2. The topological polar surface area (TPSA) is 93.8 Å². The standard InChI is InChI=1S/C16H26N2O4.ClH/c1-16(2,3)14(17)15(20)18-9-13(19)10-6-11(21-4)8-12(7-10)22-5;/h6-8,13-14,19H,9,17H2,1-5H3,(H,18,20);1H/t13?,14-;/m1./s1. The van der Waals surface area contributed by atoms with E-state index >= 15 is 0 Å². The highest BCUT2D eigenvalue weighted by Crippen LogP contribution is 2.26. The number of benzene rings is 1. The number of hydrogen-bond acceptors (Lipinski definition) is 5. The molecule has 7 heteroatoms. The molecule has 6 nitrogen and oxygen atoms in total. The molecular weight excluding hydrogens is 320 g/mol. The van der Waals surface area contributed by atoms with Crippen molar-refractivity contribution in [3.05, 3.63) is 23.8 Å². The van der Waals surface area contributed by atoms with Crippen LogP contribution < -0.4 is 20.5 Å². The molecule has 1 amide bonds. The molecule has 0 aromatic heterocycles. The number of aliphatic hydroxyl groups excluding tert-OH is 1. The maximum Gasteiger partial charge on any atom is 0.237 e. The molecule has 23 heavy (non-hydrogen) atoms. The molecule has 0 aliphatic heterocycles. The van der Waals surface area contributed by atoms with Gasteiger partial charge in [0.15, 0.2) is 0 Å². The largest absolute Gasteiger partial charge is 0.497 e. The van der Waals surface area contributed by atoms with Crippen molar-refractivity contribution < 1.29 is 19.4 Å². The van der Waals surface area contributed by atoms with Crippen LogP contribution in [0.25, 0.3) is 0 Å². The summed E-state index contributed by atoms with van der Waals surface area (Å²) in [5, 5.41) is 12.9. The number of aliphatic hydroxyl groups is 1. The highest BCUT2D eigenvalue weighted by Gasteiger charge is 2.27. The zero-order valence-electron chi connectivity index (χ0n) is 14.3. The number of rotatable bonds is 6. The number of carbonyl (C=O) groups excluding carboxylic acids is 1. The van der Waals surface area contributed by atoms with Gasteiger partial charge in [-0.1, -0.05) is 20.8 Å². The van der Waals surface area contributed by atoms with Crippen molar-refractivity contribution in [1.29, 1.82) is 0 Å². The third-order valence-corrected chi connectivity index (χ3v) is 3.44. The van der Waals surface area contributed by atoms with Gasteiger partial charge in [0, 0.05) is 12.6 Å². The van der Waals surface area contributed by atoms with Crippen molar-refractivity contribution >= 4 is 18.3 Å². The Morgan fingerprint density at radius 1 is 1.22 bits per heavy atom. The smallest absolute Gasteiger partial charge is 0.237 e. The van der Waals surface area contributed by atoms with Crippen molar-refractivity contribution in [3.8, 4) is 11.5 Å². The molecule has 1 aromatic rings. The van der Waals surface area contributed by atoms with Gasteiger partial charge in [-0.05, 0) is 23.1 Å². The van der Waals surface area contributed by atoms with Gasteiger partial charge in [0.25, 0.3) is 0 Å². The summed E-state index contributed by atoms with van der Waals surface area (Å²) in [6.07, 6.45) is -0.875. The van der Waals surface area contributed by atoms with Crippen molar-refractivity contribution in [1.82, 2.24) is 5.32 Å². The lowest BCUT2D eigenvalue weighted by molar-refractivity contribution is -0.125. The zero-order valence-corrected chi connectivity index (χ0v) is 15.1. The molecule has 0 heterocycles. The van der Waals surface area contributed by atoms with Gasteiger partial charge in [-0.2, -0.15) is 0 Å². The Balaban J connectivity index is 0.00000484. The molecule has 0 bridgehead atoms. The van der Waals surface area contributed by atoms with Crippen LogP contribution in [-0.2, 0) is 4.79 Å². The van der Waals surface area contributed by atoms with Crippen LogP contribution in [-0.4, -0.2) is 37.8 Å². The molecule has 1 rings (SSSR count). The molecule has 2 atom stereocenters. The summed E-state index contributed by atoms with van der Waals surface area (Å²) in [6.45, 7) is 5.74. The number of amides is 1. The van der Waals surface area contributed by atoms with E-state index < -0.39 is 12.1 Å². The first kappa shape index (κ1) is 21.5. The Hall–Kier alpha value is -1.50. The van der Waals surface area contributed by atoms with Crippen LogP contribution in [0.4, 0.5) is 0 Å². The van der Waals surface area contributed by atoms with E-state index in [2.05, 4.69) is 5.32 Å². The van der Waals surface area contributed by atoms with Gasteiger partial charge in [0.05, 0.1) is 26.4 Å². The third kappa shape index (κ3) is 6.25. The molecule has 0 aliphatic carbocycles. The fourth-order valence-electron chi connectivity index (χ4n) is 1.84. The number of hydrogen-bond donors (Lipinski definition) is 3. The van der Waals surface area contributed by atoms with E-state index in [1.54, 1.807) is 18.2 Å². The van der Waals surface area contributed by atoms with Gasteiger partial charge in [-0.25, -0.2) is 0 Å². The number of ether oxygens (including phenoxy) is 2. The van der Waals surface area contributed by atoms with Crippen LogP contribution in [0.5, 0.6) is 11.5 Å². The third-order valence-electron chi connectivity index (χ3n) is 3.44. The molecule has 0 aliphatic rings. The normalized spacial score (nSPS) is 13.5. The molecule has 0 spiro atoms. The first-order chi connectivity index (χ1) is 10.2. The molecule has 4 N–H and O–H groups in total. The van der Waals surface area contributed by atoms with Crippen molar-refractivity contribution in [2.75, 3.05) is 20.8 Å². The van der Waals surface area contributed by atoms with E-state index in [0.717, 1.165) is 0 Å². The average molecular weight is 347 g/mol. The van der Waals surface area contributed by atoms with Gasteiger partial charge in [-0.15, -0.1) is 12.4 Å². The van der Waals surface area contributed by atoms with Gasteiger partial charge in [0.1, 0.15) is 11.5 Å². The average Bonchev–Trinajstić information content (AvgIpc) is 2.49. The van der Waals surface area contributed by atoms with Crippen LogP contribution in [0.3, 0.4) is 0 Å². The number of nitrogens with one attached hydrogen (secondary N) is 1. The fourth-order valence-corrected chi connectivity index (χ4v) is 1.84. The van der Waals surface area contributed by atoms with Crippen LogP contribution in [0.2, 0.25) is 0 Å². The minimum Gasteiger partial charge on any atom is -0.497 e. The Bertz CT molecular complexity index is 495. The molecule has 0 saturated heterocycles. The number of nitrogens with two attached hydrogens (primary N) is 1. The highest BCUT2D eigenvalue weighted by atomic mass is 35.5. The second-order valence-corrected chi connectivity index (χ2v) is 6.25. The first-order valence-electron chi connectivity index (χ1n) is 7.13. The van der Waals surface area contributed by atoms with Crippen LogP contribution >= 0.6 is 12.4 Å². The Kier molecular flexibility index (Phi) is 8.37. The SMILES string of the molecule is COc1cc(OC)cc(C(O)CNC(=O)[C@@H](N)C(C)(C)C)c1.Cl. The van der Waals surface area contributed by atoms with Crippen molar-refractivity contribution in [2.45, 2.75) is 32.9 Å². The number of carbonyl (C=O) groups is 1. The van der Waals surface area contributed by atoms with Crippen molar-refractivity contribution in [2.24, 2.45) is 11.1 Å². The summed E-state index contributed by atoms with van der Waals surface area (Å²) in [5.74, 6) is 0.860. The zero-order chi connectivity index (χ0) is 16.9. The van der Waals surface area contributed by atoms with Gasteiger partial charge < -0.3 is 25.6 Å². The summed E-state index contributed by atoms with van der Waals surface area (Å²) < 4.78 is 10.3. The van der Waals surface area contributed by atoms with E-state index in [1.165, 1.54) is 14.2 Å². The highest BCUT2D eigenvalue weighted by molar-refractivity contribution is 5.85. The van der Waals surface area contributed by atoms with Crippen LogP contribution in [0, 0.1) is 5.41 Å². The second-order valence-electron chi connectivity index (χ2n) is 6.25. The fraction of sp³-hybridized carbons (Fsp3) is 0.562. The monoisotopic (exact) mass is 346 g/mol. The first-order valence-corrected chi connectivity index (χ1v) is 7.13. The quantitative estimate of drug-likeness (QED) is 0.728. The lowest BCUT2D eigenvalue weighted by atomic mass is 9.87. The lowest BCUT2D eigenvalue weighted by Gasteiger charge is -2.26. The Morgan fingerprint density at radius 3 is 2.09 bits per heavy atom. The van der Waals surface area contributed by atoms with E-state index in [-0.39, 0.29) is 30.3 Å². The van der Waals surface area contributed by atoms with Gasteiger partial charge in [-0.3, -0.25) is 4.79 Å². The summed E-state index contributed by atoms with van der Waals surface area (Å²) in [5.41, 5.74) is 6.14. The summed E-state index contributed by atoms with van der Waals surface area (Å²) in [4.78, 5) is 12.0. The van der Waals surface area contributed by atoms with E-state index in [0.29, 0.717) is 17.1 Å². The molecule has 0 radical (unpaired) electrons. The maximum atomic E-state index is 12.0. The Labute approximate surface area is 143 Å². The predicted octanol–water partition coefficient (Wildman–Crippen LogP) is 1.65. The number of halogens is 1. The van der Waals surface area contributed by atoms with Crippen molar-refractivity contribution in [3.63, 3.8) is 0 Å². The van der Waals surface area contributed by atoms with Gasteiger partial charge in [0.2, 0.25) is 5.91 Å². The van der Waals surface area contributed by atoms with Gasteiger partial charge >= 0.3 is 0 Å². The molecule has 1 unspecified atom stereocenters. The minimum absolute atomic E-state index is 0. The summed E-state index contributed by atoms with van der Waals surface area (Å²) in [6, 6.07) is 4.47. The maximum absolute atomic E-state index is 12.0. The Morgan fingerprint density at radius 2 is 1.70 bits per heavy atom.